The molecule has 0 unspecified atom stereocenters. The third-order valence-corrected chi connectivity index (χ3v) is 6.31. The molecule has 2 aliphatic rings. The van der Waals surface area contributed by atoms with Gasteiger partial charge in [0.2, 0.25) is 0 Å². The second kappa shape index (κ2) is 8.18. The number of hydrogen-bond acceptors (Lipinski definition) is 7. The van der Waals surface area contributed by atoms with Gasteiger partial charge in [0.25, 0.3) is 0 Å². The van der Waals surface area contributed by atoms with Crippen LogP contribution in [0.25, 0.3) is 10.9 Å². The molecule has 1 fully saturated rings. The molecule has 1 aromatic carbocycles. The zero-order valence-electron chi connectivity index (χ0n) is 18.0. The summed E-state index contributed by atoms with van der Waals surface area (Å²) >= 11 is 0. The van der Waals surface area contributed by atoms with Gasteiger partial charge in [-0.2, -0.15) is 0 Å². The lowest BCUT2D eigenvalue weighted by Crippen LogP contribution is -2.46. The Kier molecular flexibility index (Phi) is 5.25. The molecule has 0 bridgehead atoms. The van der Waals surface area contributed by atoms with Gasteiger partial charge < -0.3 is 14.4 Å². The highest BCUT2D eigenvalue weighted by Gasteiger charge is 2.22. The number of aromatic nitrogens is 5. The Bertz CT molecular complexity index is 1020. The van der Waals surface area contributed by atoms with Gasteiger partial charge in [0.15, 0.2) is 0 Å². The van der Waals surface area contributed by atoms with Gasteiger partial charge in [0.1, 0.15) is 23.8 Å². The number of anilines is 2. The van der Waals surface area contributed by atoms with E-state index in [0.29, 0.717) is 0 Å². The lowest BCUT2D eigenvalue weighted by molar-refractivity contribution is 0.240. The zero-order valence-corrected chi connectivity index (χ0v) is 18.0. The van der Waals surface area contributed by atoms with Gasteiger partial charge in [-0.25, -0.2) is 9.97 Å². The Morgan fingerprint density at radius 3 is 2.63 bits per heavy atom. The number of aryl methyl sites for hydroxylation is 1. The van der Waals surface area contributed by atoms with Crippen molar-refractivity contribution in [3.63, 3.8) is 0 Å². The molecule has 0 saturated carbocycles. The molecule has 4 heterocycles. The standard InChI is InChI=1S/C22H30N8/c1-27(2)22-18-14-17(7-8-19(18)23-16-24-22)29-12-10-28(11-13-29)15-21-26-25-20-6-4-3-5-9-30(20)21/h7-8,14,16H,3-6,9-13,15H2,1-2H3. The van der Waals surface area contributed by atoms with Crippen LogP contribution in [-0.4, -0.2) is 69.9 Å². The van der Waals surface area contributed by atoms with Crippen molar-refractivity contribution in [1.82, 2.24) is 29.6 Å². The van der Waals surface area contributed by atoms with Gasteiger partial charge in [-0.3, -0.25) is 4.90 Å². The van der Waals surface area contributed by atoms with E-state index in [-0.39, 0.29) is 0 Å². The van der Waals surface area contributed by atoms with E-state index < -0.39 is 0 Å². The highest BCUT2D eigenvalue weighted by Crippen LogP contribution is 2.27. The van der Waals surface area contributed by atoms with Gasteiger partial charge in [0.05, 0.1) is 12.1 Å². The number of rotatable bonds is 4. The van der Waals surface area contributed by atoms with Crippen molar-refractivity contribution in [2.24, 2.45) is 0 Å². The summed E-state index contributed by atoms with van der Waals surface area (Å²) in [6.07, 6.45) is 6.49. The molecular weight excluding hydrogens is 376 g/mol. The van der Waals surface area contributed by atoms with Crippen LogP contribution in [0.15, 0.2) is 24.5 Å². The van der Waals surface area contributed by atoms with E-state index in [0.717, 1.165) is 68.2 Å². The van der Waals surface area contributed by atoms with Crippen molar-refractivity contribution in [2.45, 2.75) is 38.8 Å². The Morgan fingerprint density at radius 2 is 1.80 bits per heavy atom. The fourth-order valence-electron chi connectivity index (χ4n) is 4.61. The highest BCUT2D eigenvalue weighted by atomic mass is 15.3. The summed E-state index contributed by atoms with van der Waals surface area (Å²) in [4.78, 5) is 15.9. The van der Waals surface area contributed by atoms with Crippen molar-refractivity contribution in [2.75, 3.05) is 50.1 Å². The monoisotopic (exact) mass is 406 g/mol. The first-order valence-electron chi connectivity index (χ1n) is 11.0. The first-order valence-corrected chi connectivity index (χ1v) is 11.0. The van der Waals surface area contributed by atoms with E-state index in [1.165, 1.54) is 30.8 Å². The predicted octanol–water partition coefficient (Wildman–Crippen LogP) is 2.34. The van der Waals surface area contributed by atoms with E-state index in [9.17, 15) is 0 Å². The molecule has 2 aliphatic heterocycles. The summed E-state index contributed by atoms with van der Waals surface area (Å²) < 4.78 is 2.37. The molecule has 158 valence electrons. The lowest BCUT2D eigenvalue weighted by atomic mass is 10.1. The summed E-state index contributed by atoms with van der Waals surface area (Å²) in [5, 5.41) is 10.1. The molecule has 0 spiro atoms. The number of nitrogens with zero attached hydrogens (tertiary/aromatic N) is 8. The third-order valence-electron chi connectivity index (χ3n) is 6.31. The molecule has 30 heavy (non-hydrogen) atoms. The SMILES string of the molecule is CN(C)c1ncnc2ccc(N3CCN(Cc4nnc5n4CCCCC5)CC3)cc12. The largest absolute Gasteiger partial charge is 0.369 e. The van der Waals surface area contributed by atoms with Crippen molar-refractivity contribution in [3.8, 4) is 0 Å². The third kappa shape index (κ3) is 3.71. The summed E-state index contributed by atoms with van der Waals surface area (Å²) in [7, 11) is 4.05. The van der Waals surface area contributed by atoms with Crippen molar-refractivity contribution in [1.29, 1.82) is 0 Å². The lowest BCUT2D eigenvalue weighted by Gasteiger charge is -2.36. The van der Waals surface area contributed by atoms with Crippen LogP contribution in [0.4, 0.5) is 11.5 Å². The summed E-state index contributed by atoms with van der Waals surface area (Å²) in [6, 6.07) is 6.53. The van der Waals surface area contributed by atoms with E-state index in [1.54, 1.807) is 6.33 Å². The Balaban J connectivity index is 1.27. The van der Waals surface area contributed by atoms with E-state index in [4.69, 9.17) is 0 Å². The average molecular weight is 407 g/mol. The minimum absolute atomic E-state index is 0.900. The molecule has 8 heteroatoms. The molecule has 0 aliphatic carbocycles. The molecule has 2 aromatic heterocycles. The maximum Gasteiger partial charge on any atom is 0.147 e. The quantitative estimate of drug-likeness (QED) is 0.659. The second-order valence-electron chi connectivity index (χ2n) is 8.55. The van der Waals surface area contributed by atoms with Crippen LogP contribution in [0.3, 0.4) is 0 Å². The van der Waals surface area contributed by atoms with Crippen LogP contribution in [-0.2, 0) is 19.5 Å². The summed E-state index contributed by atoms with van der Waals surface area (Å²) in [6.45, 7) is 6.06. The molecule has 5 rings (SSSR count). The first kappa shape index (κ1) is 19.2. The van der Waals surface area contributed by atoms with Gasteiger partial charge in [-0.1, -0.05) is 6.42 Å². The molecule has 1 saturated heterocycles. The first-order chi connectivity index (χ1) is 14.7. The van der Waals surface area contributed by atoms with Crippen LogP contribution < -0.4 is 9.80 Å². The van der Waals surface area contributed by atoms with Gasteiger partial charge in [0, 0.05) is 64.3 Å². The second-order valence-corrected chi connectivity index (χ2v) is 8.55. The summed E-state index contributed by atoms with van der Waals surface area (Å²) in [5.41, 5.74) is 2.24. The van der Waals surface area contributed by atoms with Crippen LogP contribution in [0.2, 0.25) is 0 Å². The van der Waals surface area contributed by atoms with Crippen LogP contribution in [0.1, 0.15) is 30.9 Å². The van der Waals surface area contributed by atoms with Crippen molar-refractivity contribution < 1.29 is 0 Å². The highest BCUT2D eigenvalue weighted by molar-refractivity contribution is 5.91. The smallest absolute Gasteiger partial charge is 0.147 e. The summed E-state index contributed by atoms with van der Waals surface area (Å²) in [5.74, 6) is 3.28. The molecule has 0 radical (unpaired) electrons. The Labute approximate surface area is 177 Å². The van der Waals surface area contributed by atoms with E-state index >= 15 is 0 Å². The van der Waals surface area contributed by atoms with Gasteiger partial charge in [-0.15, -0.1) is 10.2 Å². The predicted molar refractivity (Wildman–Crippen MR) is 119 cm³/mol. The number of fused-ring (bicyclic) bond motifs is 2. The molecule has 0 N–H and O–H groups in total. The van der Waals surface area contributed by atoms with Gasteiger partial charge in [-0.05, 0) is 31.0 Å². The van der Waals surface area contributed by atoms with E-state index in [1.807, 2.05) is 19.0 Å². The van der Waals surface area contributed by atoms with Gasteiger partial charge >= 0.3 is 0 Å². The Hall–Kier alpha value is -2.74. The number of benzene rings is 1. The maximum absolute atomic E-state index is 4.51. The van der Waals surface area contributed by atoms with Crippen molar-refractivity contribution >= 4 is 22.4 Å². The fraction of sp³-hybridized carbons (Fsp3) is 0.545. The zero-order chi connectivity index (χ0) is 20.5. The van der Waals surface area contributed by atoms with Crippen LogP contribution >= 0.6 is 0 Å². The van der Waals surface area contributed by atoms with E-state index in [2.05, 4.69) is 52.7 Å². The molecule has 0 atom stereocenters. The molecule has 0 amide bonds. The normalized spacial score (nSPS) is 17.7. The maximum atomic E-state index is 4.51. The molecule has 8 nitrogen and oxygen atoms in total. The number of piperazine rings is 1. The van der Waals surface area contributed by atoms with Crippen LogP contribution in [0.5, 0.6) is 0 Å². The molecular formula is C22H30N8. The topological polar surface area (TPSA) is 66.2 Å². The van der Waals surface area contributed by atoms with Crippen molar-refractivity contribution in [3.05, 3.63) is 36.2 Å². The Morgan fingerprint density at radius 1 is 0.933 bits per heavy atom. The fourth-order valence-corrected chi connectivity index (χ4v) is 4.61. The minimum atomic E-state index is 0.900. The number of hydrogen-bond donors (Lipinski definition) is 0. The minimum Gasteiger partial charge on any atom is -0.369 e. The average Bonchev–Trinajstić information content (AvgIpc) is 2.99. The molecule has 3 aromatic rings. The van der Waals surface area contributed by atoms with Crippen LogP contribution in [0, 0.1) is 0 Å².